The van der Waals surface area contributed by atoms with Crippen LogP contribution in [0, 0.1) is 0 Å². The second-order valence-electron chi connectivity index (χ2n) is 15.9. The number of para-hydroxylation sites is 1. The summed E-state index contributed by atoms with van der Waals surface area (Å²) < 4.78 is 6.50. The largest absolute Gasteiger partial charge is 0.456 e. The van der Waals surface area contributed by atoms with Gasteiger partial charge in [0.1, 0.15) is 11.2 Å². The summed E-state index contributed by atoms with van der Waals surface area (Å²) >= 11 is 0. The third kappa shape index (κ3) is 7.17. The van der Waals surface area contributed by atoms with Crippen molar-refractivity contribution >= 4 is 32.8 Å². The van der Waals surface area contributed by atoms with Crippen LogP contribution in [0.25, 0.3) is 123 Å². The molecular weight excluding hydrogens is 797 g/mol. The Morgan fingerprint density at radius 3 is 1.57 bits per heavy atom. The maximum absolute atomic E-state index is 6.50. The summed E-state index contributed by atoms with van der Waals surface area (Å²) in [7, 11) is 0. The molecule has 0 unspecified atom stereocenters. The monoisotopic (exact) mass is 832 g/mol. The zero-order chi connectivity index (χ0) is 43.1. The average Bonchev–Trinajstić information content (AvgIpc) is 3.77. The molecular formula is C58H36N6O. The van der Waals surface area contributed by atoms with Gasteiger partial charge >= 0.3 is 0 Å². The minimum absolute atomic E-state index is 0.576. The predicted octanol–water partition coefficient (Wildman–Crippen LogP) is 14.4. The number of aromatic nitrogens is 6. The first-order valence-corrected chi connectivity index (χ1v) is 21.5. The van der Waals surface area contributed by atoms with Gasteiger partial charge in [0.25, 0.3) is 0 Å². The van der Waals surface area contributed by atoms with Crippen LogP contribution in [0.3, 0.4) is 0 Å². The van der Waals surface area contributed by atoms with Crippen LogP contribution in [0.4, 0.5) is 0 Å². The molecule has 65 heavy (non-hydrogen) atoms. The molecule has 0 spiro atoms. The van der Waals surface area contributed by atoms with E-state index in [-0.39, 0.29) is 0 Å². The molecule has 7 nitrogen and oxygen atoms in total. The van der Waals surface area contributed by atoms with Crippen molar-refractivity contribution in [2.75, 3.05) is 0 Å². The highest BCUT2D eigenvalue weighted by Gasteiger charge is 2.19. The standard InChI is InChI=1S/C58H36N6O/c1-4-14-38(15-5-1)49-36-50(61-55(60-49)42-29-27-37(28-30-42)46-24-11-20-39-23-13-33-59-54(39)46)45-22-10-21-43(34-45)44-31-32-51-48(35-44)53-47(25-12-26-52(53)65-51)58-63-56(40-16-6-2-7-17-40)62-57(64-58)41-18-8-3-9-19-41/h1-36H. The van der Waals surface area contributed by atoms with Crippen molar-refractivity contribution in [2.45, 2.75) is 0 Å². The normalized spacial score (nSPS) is 11.4. The molecule has 0 saturated carbocycles. The van der Waals surface area contributed by atoms with E-state index in [0.29, 0.717) is 23.3 Å². The smallest absolute Gasteiger partial charge is 0.164 e. The topological polar surface area (TPSA) is 90.5 Å². The van der Waals surface area contributed by atoms with Crippen molar-refractivity contribution in [3.8, 4) is 90.3 Å². The zero-order valence-corrected chi connectivity index (χ0v) is 34.9. The molecule has 304 valence electrons. The molecule has 0 fully saturated rings. The Labute approximate surface area is 374 Å². The highest BCUT2D eigenvalue weighted by atomic mass is 16.3. The van der Waals surface area contributed by atoms with Crippen LogP contribution in [0.2, 0.25) is 0 Å². The molecule has 7 heteroatoms. The summed E-state index contributed by atoms with van der Waals surface area (Å²) in [6.45, 7) is 0. The van der Waals surface area contributed by atoms with Gasteiger partial charge in [-0.1, -0.05) is 176 Å². The molecule has 4 aromatic heterocycles. The number of hydrogen-bond acceptors (Lipinski definition) is 7. The van der Waals surface area contributed by atoms with Crippen LogP contribution in [-0.4, -0.2) is 29.9 Å². The Morgan fingerprint density at radius 2 is 0.831 bits per heavy atom. The van der Waals surface area contributed by atoms with Crippen molar-refractivity contribution in [1.82, 2.24) is 29.9 Å². The van der Waals surface area contributed by atoms with Crippen LogP contribution in [0.15, 0.2) is 223 Å². The lowest BCUT2D eigenvalue weighted by atomic mass is 9.98. The zero-order valence-electron chi connectivity index (χ0n) is 34.9. The molecule has 12 aromatic rings. The van der Waals surface area contributed by atoms with E-state index in [1.807, 2.05) is 109 Å². The van der Waals surface area contributed by atoms with E-state index in [0.717, 1.165) is 99.9 Å². The van der Waals surface area contributed by atoms with Gasteiger partial charge in [0.05, 0.1) is 16.9 Å². The number of rotatable bonds is 8. The third-order valence-electron chi connectivity index (χ3n) is 11.8. The second kappa shape index (κ2) is 16.1. The Balaban J connectivity index is 0.950. The summed E-state index contributed by atoms with van der Waals surface area (Å²) in [4.78, 5) is 30.1. The van der Waals surface area contributed by atoms with Crippen molar-refractivity contribution in [3.63, 3.8) is 0 Å². The van der Waals surface area contributed by atoms with Crippen molar-refractivity contribution < 1.29 is 4.42 Å². The minimum atomic E-state index is 0.576. The van der Waals surface area contributed by atoms with E-state index in [9.17, 15) is 0 Å². The van der Waals surface area contributed by atoms with Crippen LogP contribution >= 0.6 is 0 Å². The lowest BCUT2D eigenvalue weighted by Crippen LogP contribution is -2.00. The number of nitrogens with zero attached hydrogens (tertiary/aromatic N) is 6. The summed E-state index contributed by atoms with van der Waals surface area (Å²) in [5.41, 5.74) is 14.1. The van der Waals surface area contributed by atoms with Crippen LogP contribution in [-0.2, 0) is 0 Å². The Bertz CT molecular complexity index is 3640. The van der Waals surface area contributed by atoms with Gasteiger partial charge in [-0.25, -0.2) is 24.9 Å². The fourth-order valence-corrected chi connectivity index (χ4v) is 8.60. The number of pyridine rings is 1. The van der Waals surface area contributed by atoms with Gasteiger partial charge in [0.2, 0.25) is 0 Å². The number of furan rings is 1. The molecule has 0 aliphatic carbocycles. The van der Waals surface area contributed by atoms with Crippen LogP contribution in [0.5, 0.6) is 0 Å². The highest BCUT2D eigenvalue weighted by molar-refractivity contribution is 6.13. The number of benzene rings is 8. The Hall–Kier alpha value is -8.94. The third-order valence-corrected chi connectivity index (χ3v) is 11.8. The Morgan fingerprint density at radius 1 is 0.308 bits per heavy atom. The van der Waals surface area contributed by atoms with E-state index >= 15 is 0 Å². The van der Waals surface area contributed by atoms with E-state index in [4.69, 9.17) is 29.3 Å². The minimum Gasteiger partial charge on any atom is -0.456 e. The van der Waals surface area contributed by atoms with E-state index in [1.54, 1.807) is 0 Å². The quantitative estimate of drug-likeness (QED) is 0.151. The summed E-state index contributed by atoms with van der Waals surface area (Å²) in [6, 6.07) is 72.2. The number of hydrogen-bond donors (Lipinski definition) is 0. The fourth-order valence-electron chi connectivity index (χ4n) is 8.60. The first-order valence-electron chi connectivity index (χ1n) is 21.5. The van der Waals surface area contributed by atoms with Gasteiger partial charge in [-0.15, -0.1) is 0 Å². The van der Waals surface area contributed by atoms with Gasteiger partial charge in [0, 0.05) is 61.3 Å². The predicted molar refractivity (Wildman–Crippen MR) is 261 cm³/mol. The Kier molecular flexibility index (Phi) is 9.34. The summed E-state index contributed by atoms with van der Waals surface area (Å²) in [5.74, 6) is 2.44. The lowest BCUT2D eigenvalue weighted by Gasteiger charge is -2.11. The van der Waals surface area contributed by atoms with Gasteiger partial charge in [0.15, 0.2) is 23.3 Å². The van der Waals surface area contributed by atoms with Gasteiger partial charge < -0.3 is 4.42 Å². The van der Waals surface area contributed by atoms with Crippen LogP contribution in [0.1, 0.15) is 0 Å². The van der Waals surface area contributed by atoms with Gasteiger partial charge in [-0.05, 0) is 53.1 Å². The maximum atomic E-state index is 6.50. The molecule has 12 rings (SSSR count). The van der Waals surface area contributed by atoms with E-state index in [1.165, 1.54) is 0 Å². The molecule has 4 heterocycles. The maximum Gasteiger partial charge on any atom is 0.164 e. The first kappa shape index (κ1) is 37.8. The average molecular weight is 833 g/mol. The van der Waals surface area contributed by atoms with Crippen molar-refractivity contribution in [2.24, 2.45) is 0 Å². The van der Waals surface area contributed by atoms with Crippen molar-refractivity contribution in [1.29, 1.82) is 0 Å². The first-order chi connectivity index (χ1) is 32.2. The van der Waals surface area contributed by atoms with Gasteiger partial charge in [-0.3, -0.25) is 4.98 Å². The van der Waals surface area contributed by atoms with E-state index < -0.39 is 0 Å². The molecule has 0 aliphatic rings. The molecule has 0 radical (unpaired) electrons. The molecule has 0 N–H and O–H groups in total. The summed E-state index contributed by atoms with van der Waals surface area (Å²) in [5, 5.41) is 3.03. The highest BCUT2D eigenvalue weighted by Crippen LogP contribution is 2.39. The number of fused-ring (bicyclic) bond motifs is 4. The molecule has 0 aliphatic heterocycles. The molecule has 0 atom stereocenters. The molecule has 0 saturated heterocycles. The van der Waals surface area contributed by atoms with Crippen molar-refractivity contribution in [3.05, 3.63) is 219 Å². The second-order valence-corrected chi connectivity index (χ2v) is 15.9. The SMILES string of the molecule is c1ccc(-c2cc(-c3cccc(-c4ccc5oc6cccc(-c7nc(-c8ccccc8)nc(-c8ccccc8)n7)c6c5c4)c3)nc(-c3ccc(-c4cccc5cccnc45)cc3)n2)cc1. The lowest BCUT2D eigenvalue weighted by molar-refractivity contribution is 0.669. The molecule has 0 amide bonds. The summed E-state index contributed by atoms with van der Waals surface area (Å²) in [6.07, 6.45) is 1.84. The van der Waals surface area contributed by atoms with Crippen LogP contribution < -0.4 is 0 Å². The fraction of sp³-hybridized carbons (Fsp3) is 0. The molecule has 0 bridgehead atoms. The van der Waals surface area contributed by atoms with Gasteiger partial charge in [-0.2, -0.15) is 0 Å². The van der Waals surface area contributed by atoms with E-state index in [2.05, 4.69) is 114 Å². The molecule has 8 aromatic carbocycles.